The SMILES string of the molecule is CCC1C(Cl)(Cl)C1(CC)C(=O)O. The Morgan fingerprint density at radius 1 is 1.50 bits per heavy atom. The molecular weight excluding hydrogens is 199 g/mol. The van der Waals surface area contributed by atoms with Gasteiger partial charge in [-0.2, -0.15) is 0 Å². The minimum absolute atomic E-state index is 0.101. The molecule has 0 bridgehead atoms. The molecule has 0 aromatic heterocycles. The van der Waals surface area contributed by atoms with Crippen LogP contribution in [0.1, 0.15) is 26.7 Å². The number of halogens is 2. The lowest BCUT2D eigenvalue weighted by Crippen LogP contribution is -2.20. The van der Waals surface area contributed by atoms with Gasteiger partial charge in [-0.05, 0) is 12.8 Å². The molecule has 12 heavy (non-hydrogen) atoms. The second-order valence-corrected chi connectivity index (χ2v) is 4.60. The fourth-order valence-corrected chi connectivity index (χ4v) is 3.33. The fourth-order valence-electron chi connectivity index (χ4n) is 2.06. The molecule has 4 heteroatoms. The molecule has 2 nitrogen and oxygen atoms in total. The van der Waals surface area contributed by atoms with E-state index in [4.69, 9.17) is 28.3 Å². The number of hydrogen-bond acceptors (Lipinski definition) is 1. The molecule has 0 amide bonds. The van der Waals surface area contributed by atoms with Crippen LogP contribution in [0.15, 0.2) is 0 Å². The van der Waals surface area contributed by atoms with Crippen LogP contribution >= 0.6 is 23.2 Å². The molecule has 1 rings (SSSR count). The summed E-state index contributed by atoms with van der Waals surface area (Å²) < 4.78 is -1.05. The van der Waals surface area contributed by atoms with Crippen molar-refractivity contribution in [1.82, 2.24) is 0 Å². The second-order valence-electron chi connectivity index (χ2n) is 3.21. The van der Waals surface area contributed by atoms with Crippen molar-refractivity contribution in [3.63, 3.8) is 0 Å². The van der Waals surface area contributed by atoms with Gasteiger partial charge in [-0.15, -0.1) is 23.2 Å². The van der Waals surface area contributed by atoms with Crippen LogP contribution in [0, 0.1) is 11.3 Å². The van der Waals surface area contributed by atoms with Crippen molar-refractivity contribution in [1.29, 1.82) is 0 Å². The number of alkyl halides is 2. The Labute approximate surface area is 81.9 Å². The molecule has 1 fully saturated rings. The van der Waals surface area contributed by atoms with Gasteiger partial charge in [0.1, 0.15) is 9.75 Å². The smallest absolute Gasteiger partial charge is 0.313 e. The van der Waals surface area contributed by atoms with Gasteiger partial charge in [-0.25, -0.2) is 0 Å². The van der Waals surface area contributed by atoms with Crippen LogP contribution < -0.4 is 0 Å². The molecule has 2 atom stereocenters. The molecule has 1 N–H and O–H groups in total. The van der Waals surface area contributed by atoms with E-state index in [1.807, 2.05) is 13.8 Å². The third kappa shape index (κ3) is 0.912. The predicted molar refractivity (Wildman–Crippen MR) is 48.6 cm³/mol. The van der Waals surface area contributed by atoms with E-state index in [0.29, 0.717) is 12.8 Å². The summed E-state index contributed by atoms with van der Waals surface area (Å²) in [4.78, 5) is 10.9. The van der Waals surface area contributed by atoms with Crippen LogP contribution in [0.3, 0.4) is 0 Å². The van der Waals surface area contributed by atoms with Gasteiger partial charge in [0.25, 0.3) is 0 Å². The van der Waals surface area contributed by atoms with Gasteiger partial charge in [-0.3, -0.25) is 4.79 Å². The average Bonchev–Trinajstić information content (AvgIpc) is 2.47. The third-order valence-corrected chi connectivity index (χ3v) is 4.09. The van der Waals surface area contributed by atoms with Crippen LogP contribution in [0.25, 0.3) is 0 Å². The number of carbonyl (C=O) groups is 1. The summed E-state index contributed by atoms with van der Waals surface area (Å²) in [6.07, 6.45) is 1.21. The van der Waals surface area contributed by atoms with Crippen LogP contribution in [-0.2, 0) is 4.79 Å². The summed E-state index contributed by atoms with van der Waals surface area (Å²) in [5.74, 6) is -0.974. The lowest BCUT2D eigenvalue weighted by molar-refractivity contribution is -0.144. The van der Waals surface area contributed by atoms with Gasteiger partial charge in [0.2, 0.25) is 0 Å². The topological polar surface area (TPSA) is 37.3 Å². The van der Waals surface area contributed by atoms with E-state index < -0.39 is 15.7 Å². The normalized spacial score (nSPS) is 37.8. The van der Waals surface area contributed by atoms with Crippen LogP contribution in [-0.4, -0.2) is 15.4 Å². The van der Waals surface area contributed by atoms with Gasteiger partial charge < -0.3 is 5.11 Å². The van der Waals surface area contributed by atoms with Crippen molar-refractivity contribution in [3.05, 3.63) is 0 Å². The zero-order valence-electron chi connectivity index (χ0n) is 7.10. The first-order valence-corrected chi connectivity index (χ1v) is 4.81. The predicted octanol–water partition coefficient (Wildman–Crippen LogP) is 2.68. The molecule has 1 aliphatic rings. The minimum Gasteiger partial charge on any atom is -0.481 e. The molecule has 0 radical (unpaired) electrons. The molecular formula is C8H12Cl2O2. The second kappa shape index (κ2) is 2.78. The first-order valence-electron chi connectivity index (χ1n) is 4.06. The van der Waals surface area contributed by atoms with E-state index in [0.717, 1.165) is 0 Å². The highest BCUT2D eigenvalue weighted by Crippen LogP contribution is 2.72. The molecule has 1 saturated carbocycles. The maximum absolute atomic E-state index is 10.9. The lowest BCUT2D eigenvalue weighted by atomic mass is 10.00. The molecule has 0 aromatic carbocycles. The van der Waals surface area contributed by atoms with E-state index in [1.54, 1.807) is 0 Å². The summed E-state index contributed by atoms with van der Waals surface area (Å²) in [5.41, 5.74) is -0.898. The molecule has 1 aliphatic carbocycles. The van der Waals surface area contributed by atoms with Crippen molar-refractivity contribution < 1.29 is 9.90 Å². The van der Waals surface area contributed by atoms with E-state index in [-0.39, 0.29) is 5.92 Å². The zero-order chi connectivity index (χ0) is 9.57. The number of carboxylic acids is 1. The summed E-state index contributed by atoms with van der Waals surface area (Å²) in [6, 6.07) is 0. The maximum Gasteiger partial charge on any atom is 0.313 e. The van der Waals surface area contributed by atoms with Gasteiger partial charge in [0.15, 0.2) is 0 Å². The Bertz CT molecular complexity index is 215. The summed E-state index contributed by atoms with van der Waals surface area (Å²) in [6.45, 7) is 3.72. The summed E-state index contributed by atoms with van der Waals surface area (Å²) in [7, 11) is 0. The van der Waals surface area contributed by atoms with Gasteiger partial charge >= 0.3 is 5.97 Å². The van der Waals surface area contributed by atoms with Crippen LogP contribution in [0.2, 0.25) is 0 Å². The van der Waals surface area contributed by atoms with Crippen LogP contribution in [0.4, 0.5) is 0 Å². The molecule has 0 aromatic rings. The monoisotopic (exact) mass is 210 g/mol. The van der Waals surface area contributed by atoms with Crippen molar-refractivity contribution in [2.24, 2.45) is 11.3 Å². The highest BCUT2D eigenvalue weighted by atomic mass is 35.5. The Morgan fingerprint density at radius 2 is 2.00 bits per heavy atom. The Balaban J connectivity index is 2.93. The van der Waals surface area contributed by atoms with Crippen molar-refractivity contribution in [3.8, 4) is 0 Å². The quantitative estimate of drug-likeness (QED) is 0.728. The zero-order valence-corrected chi connectivity index (χ0v) is 8.61. The summed E-state index contributed by atoms with van der Waals surface area (Å²) in [5, 5.41) is 8.97. The number of aliphatic carboxylic acids is 1. The van der Waals surface area contributed by atoms with Gasteiger partial charge in [0.05, 0.1) is 0 Å². The Morgan fingerprint density at radius 3 is 2.08 bits per heavy atom. The maximum atomic E-state index is 10.9. The van der Waals surface area contributed by atoms with E-state index in [1.165, 1.54) is 0 Å². The van der Waals surface area contributed by atoms with Crippen molar-refractivity contribution in [2.45, 2.75) is 31.0 Å². The van der Waals surface area contributed by atoms with E-state index >= 15 is 0 Å². The number of carboxylic acid groups (broad SMARTS) is 1. The largest absolute Gasteiger partial charge is 0.481 e. The molecule has 70 valence electrons. The molecule has 0 aliphatic heterocycles. The molecule has 0 heterocycles. The number of rotatable bonds is 3. The standard InChI is InChI=1S/C8H12Cl2O2/c1-3-5-7(4-2,6(11)12)8(5,9)10/h5H,3-4H2,1-2H3,(H,11,12). The Hall–Kier alpha value is 0.0500. The third-order valence-electron chi connectivity index (χ3n) is 2.89. The summed E-state index contributed by atoms with van der Waals surface area (Å²) >= 11 is 11.8. The van der Waals surface area contributed by atoms with E-state index in [9.17, 15) is 4.79 Å². The van der Waals surface area contributed by atoms with Gasteiger partial charge in [0, 0.05) is 5.92 Å². The highest BCUT2D eigenvalue weighted by molar-refractivity contribution is 6.53. The first-order chi connectivity index (χ1) is 5.45. The van der Waals surface area contributed by atoms with Crippen molar-refractivity contribution >= 4 is 29.2 Å². The van der Waals surface area contributed by atoms with Crippen molar-refractivity contribution in [2.75, 3.05) is 0 Å². The fraction of sp³-hybridized carbons (Fsp3) is 0.875. The minimum atomic E-state index is -1.05. The molecule has 2 unspecified atom stereocenters. The van der Waals surface area contributed by atoms with Gasteiger partial charge in [-0.1, -0.05) is 13.8 Å². The highest BCUT2D eigenvalue weighted by Gasteiger charge is 2.78. The number of hydrogen-bond donors (Lipinski definition) is 1. The van der Waals surface area contributed by atoms with E-state index in [2.05, 4.69) is 0 Å². The Kier molecular flexibility index (Phi) is 2.34. The first kappa shape index (κ1) is 10.1. The molecule has 0 saturated heterocycles. The molecule has 0 spiro atoms. The van der Waals surface area contributed by atoms with Crippen LogP contribution in [0.5, 0.6) is 0 Å². The lowest BCUT2D eigenvalue weighted by Gasteiger charge is -2.08. The average molecular weight is 211 g/mol.